The van der Waals surface area contributed by atoms with Gasteiger partial charge in [0.2, 0.25) is 5.91 Å². The predicted molar refractivity (Wildman–Crippen MR) is 87.1 cm³/mol. The summed E-state index contributed by atoms with van der Waals surface area (Å²) in [6.07, 6.45) is 1.87. The first-order chi connectivity index (χ1) is 12.2. The van der Waals surface area contributed by atoms with Gasteiger partial charge in [-0.2, -0.15) is 18.3 Å². The number of carbonyl (C=O) groups excluding carboxylic acids is 1. The van der Waals surface area contributed by atoms with Gasteiger partial charge in [0.25, 0.3) is 5.56 Å². The molecule has 1 amide bonds. The third kappa shape index (κ3) is 3.14. The van der Waals surface area contributed by atoms with Crippen molar-refractivity contribution in [1.29, 1.82) is 0 Å². The first-order valence-electron chi connectivity index (χ1n) is 9.19. The predicted octanol–water partition coefficient (Wildman–Crippen LogP) is 2.59. The van der Waals surface area contributed by atoms with Crippen molar-refractivity contribution in [2.45, 2.75) is 51.2 Å². The first kappa shape index (κ1) is 17.5. The molecule has 4 fully saturated rings. The van der Waals surface area contributed by atoms with Crippen molar-refractivity contribution in [2.24, 2.45) is 23.2 Å². The lowest BCUT2D eigenvalue weighted by molar-refractivity contribution is -0.146. The van der Waals surface area contributed by atoms with E-state index in [1.165, 1.54) is 19.3 Å². The first-order valence-corrected chi connectivity index (χ1v) is 9.19. The second-order valence-electron chi connectivity index (χ2n) is 8.23. The van der Waals surface area contributed by atoms with E-state index < -0.39 is 17.4 Å². The van der Waals surface area contributed by atoms with Crippen LogP contribution in [0.15, 0.2) is 16.9 Å². The van der Waals surface area contributed by atoms with Gasteiger partial charge in [0, 0.05) is 18.0 Å². The van der Waals surface area contributed by atoms with Crippen LogP contribution in [0.3, 0.4) is 0 Å². The minimum absolute atomic E-state index is 0.00313. The van der Waals surface area contributed by atoms with E-state index >= 15 is 0 Å². The van der Waals surface area contributed by atoms with Gasteiger partial charge in [-0.25, -0.2) is 4.68 Å². The lowest BCUT2D eigenvalue weighted by Gasteiger charge is -2.55. The molecule has 0 atom stereocenters. The van der Waals surface area contributed by atoms with Gasteiger partial charge in [-0.3, -0.25) is 9.59 Å². The Bertz CT molecular complexity index is 736. The molecule has 0 spiro atoms. The van der Waals surface area contributed by atoms with Gasteiger partial charge in [-0.15, -0.1) is 0 Å². The molecule has 8 heteroatoms. The van der Waals surface area contributed by atoms with Crippen LogP contribution >= 0.6 is 0 Å². The molecule has 4 aliphatic rings. The minimum Gasteiger partial charge on any atom is -0.354 e. The number of hydrogen-bond donors (Lipinski definition) is 1. The Morgan fingerprint density at radius 1 is 1.15 bits per heavy atom. The fourth-order valence-corrected chi connectivity index (χ4v) is 5.61. The van der Waals surface area contributed by atoms with Gasteiger partial charge in [0.05, 0.1) is 6.54 Å². The molecule has 5 nitrogen and oxygen atoms in total. The standard InChI is InChI=1S/C18H22F3N3O2/c19-18(20,21)14-1-2-15(25)24(23-14)4-3-22-16(26)17-8-11-5-12(9-17)7-13(6-11)10-17/h1-2,11-13H,3-10H2,(H,22,26). The van der Waals surface area contributed by atoms with Crippen LogP contribution in [0.4, 0.5) is 13.2 Å². The Hall–Kier alpha value is -1.86. The molecule has 0 aliphatic heterocycles. The molecule has 0 saturated heterocycles. The number of alkyl halides is 3. The van der Waals surface area contributed by atoms with Crippen molar-refractivity contribution in [3.63, 3.8) is 0 Å². The lowest BCUT2D eigenvalue weighted by Crippen LogP contribution is -2.54. The summed E-state index contributed by atoms with van der Waals surface area (Å²) in [6.45, 7) is 0.0374. The van der Waals surface area contributed by atoms with Crippen molar-refractivity contribution in [3.8, 4) is 0 Å². The Labute approximate surface area is 149 Å². The second kappa shape index (κ2) is 6.09. The van der Waals surface area contributed by atoms with Crippen LogP contribution < -0.4 is 10.9 Å². The van der Waals surface area contributed by atoms with Gasteiger partial charge in [-0.1, -0.05) is 0 Å². The molecule has 0 unspecified atom stereocenters. The summed E-state index contributed by atoms with van der Waals surface area (Å²) in [7, 11) is 0. The highest BCUT2D eigenvalue weighted by atomic mass is 19.4. The summed E-state index contributed by atoms with van der Waals surface area (Å²) in [5, 5.41) is 6.21. The summed E-state index contributed by atoms with van der Waals surface area (Å²) in [6, 6.07) is 1.53. The van der Waals surface area contributed by atoms with Crippen LogP contribution in [-0.4, -0.2) is 22.2 Å². The van der Waals surface area contributed by atoms with Crippen LogP contribution in [0.2, 0.25) is 0 Å². The van der Waals surface area contributed by atoms with Crippen molar-refractivity contribution >= 4 is 5.91 Å². The van der Waals surface area contributed by atoms with Crippen LogP contribution in [-0.2, 0) is 17.5 Å². The van der Waals surface area contributed by atoms with Crippen LogP contribution in [0.5, 0.6) is 0 Å². The van der Waals surface area contributed by atoms with Gasteiger partial charge in [-0.05, 0) is 62.3 Å². The Kier molecular flexibility index (Phi) is 4.11. The number of nitrogens with zero attached hydrogens (tertiary/aromatic N) is 2. The van der Waals surface area contributed by atoms with E-state index in [-0.39, 0.29) is 24.4 Å². The molecule has 1 aromatic rings. The monoisotopic (exact) mass is 369 g/mol. The molecular weight excluding hydrogens is 347 g/mol. The molecule has 4 bridgehead atoms. The van der Waals surface area contributed by atoms with E-state index in [0.717, 1.165) is 30.0 Å². The molecule has 142 valence electrons. The molecule has 4 aliphatic carbocycles. The zero-order valence-corrected chi connectivity index (χ0v) is 14.4. The quantitative estimate of drug-likeness (QED) is 0.887. The molecule has 0 aromatic carbocycles. The fourth-order valence-electron chi connectivity index (χ4n) is 5.61. The molecule has 1 aromatic heterocycles. The molecule has 5 rings (SSSR count). The maximum Gasteiger partial charge on any atom is 0.435 e. The summed E-state index contributed by atoms with van der Waals surface area (Å²) < 4.78 is 38.9. The van der Waals surface area contributed by atoms with E-state index in [1.54, 1.807) is 0 Å². The van der Waals surface area contributed by atoms with Gasteiger partial charge >= 0.3 is 6.18 Å². The van der Waals surface area contributed by atoms with Crippen molar-refractivity contribution in [3.05, 3.63) is 28.2 Å². The van der Waals surface area contributed by atoms with E-state index in [1.807, 2.05) is 0 Å². The maximum atomic E-state index is 12.8. The molecule has 26 heavy (non-hydrogen) atoms. The summed E-state index contributed by atoms with van der Waals surface area (Å²) in [5.74, 6) is 1.91. The van der Waals surface area contributed by atoms with Crippen molar-refractivity contribution in [2.75, 3.05) is 6.54 Å². The van der Waals surface area contributed by atoms with Crippen molar-refractivity contribution in [1.82, 2.24) is 15.1 Å². The Morgan fingerprint density at radius 3 is 2.27 bits per heavy atom. The topological polar surface area (TPSA) is 64.0 Å². The van der Waals surface area contributed by atoms with Crippen LogP contribution in [0.25, 0.3) is 0 Å². The number of rotatable bonds is 4. The van der Waals surface area contributed by atoms with E-state index in [9.17, 15) is 22.8 Å². The summed E-state index contributed by atoms with van der Waals surface area (Å²) >= 11 is 0. The maximum absolute atomic E-state index is 12.8. The molecule has 0 radical (unpaired) electrons. The van der Waals surface area contributed by atoms with Gasteiger partial charge in [0.15, 0.2) is 5.69 Å². The molecule has 1 N–H and O–H groups in total. The highest BCUT2D eigenvalue weighted by Crippen LogP contribution is 2.60. The average Bonchev–Trinajstić information content (AvgIpc) is 2.54. The smallest absolute Gasteiger partial charge is 0.354 e. The Morgan fingerprint density at radius 2 is 1.73 bits per heavy atom. The van der Waals surface area contributed by atoms with Crippen molar-refractivity contribution < 1.29 is 18.0 Å². The normalized spacial score (nSPS) is 32.7. The highest BCUT2D eigenvalue weighted by molar-refractivity contribution is 5.83. The number of halogens is 3. The van der Waals surface area contributed by atoms with Crippen LogP contribution in [0, 0.1) is 23.2 Å². The number of nitrogens with one attached hydrogen (secondary N) is 1. The third-order valence-electron chi connectivity index (χ3n) is 6.29. The second-order valence-corrected chi connectivity index (χ2v) is 8.23. The van der Waals surface area contributed by atoms with E-state index in [0.29, 0.717) is 23.8 Å². The van der Waals surface area contributed by atoms with E-state index in [4.69, 9.17) is 0 Å². The number of amides is 1. The Balaban J connectivity index is 1.40. The largest absolute Gasteiger partial charge is 0.435 e. The third-order valence-corrected chi connectivity index (χ3v) is 6.29. The highest BCUT2D eigenvalue weighted by Gasteiger charge is 2.54. The van der Waals surface area contributed by atoms with Gasteiger partial charge < -0.3 is 5.32 Å². The fraction of sp³-hybridized carbons (Fsp3) is 0.722. The summed E-state index contributed by atoms with van der Waals surface area (Å²) in [5.41, 5.74) is -2.02. The SMILES string of the molecule is O=C(NCCn1nc(C(F)(F)F)ccc1=O)C12CC3CC(CC(C3)C1)C2. The molecular formula is C18H22F3N3O2. The molecule has 1 heterocycles. The number of hydrogen-bond acceptors (Lipinski definition) is 3. The minimum atomic E-state index is -4.60. The number of aromatic nitrogens is 2. The summed E-state index contributed by atoms with van der Waals surface area (Å²) in [4.78, 5) is 24.5. The zero-order valence-electron chi connectivity index (χ0n) is 14.4. The zero-order chi connectivity index (χ0) is 18.5. The van der Waals surface area contributed by atoms with Crippen LogP contribution in [0.1, 0.15) is 44.2 Å². The average molecular weight is 369 g/mol. The van der Waals surface area contributed by atoms with Gasteiger partial charge in [0.1, 0.15) is 0 Å². The molecule has 4 saturated carbocycles. The number of carbonyl (C=O) groups is 1. The lowest BCUT2D eigenvalue weighted by atomic mass is 9.49. The van der Waals surface area contributed by atoms with E-state index in [2.05, 4.69) is 10.4 Å².